The minimum Gasteiger partial charge on any atom is -0.497 e. The smallest absolute Gasteiger partial charge is 0.330 e. The van der Waals surface area contributed by atoms with Crippen molar-refractivity contribution in [1.29, 1.82) is 0 Å². The molecule has 0 bridgehead atoms. The average Bonchev–Trinajstić information content (AvgIpc) is 3.36. The van der Waals surface area contributed by atoms with Gasteiger partial charge in [0.25, 0.3) is 5.24 Å². The molecule has 0 aliphatic carbocycles. The Bertz CT molecular complexity index is 1270. The van der Waals surface area contributed by atoms with E-state index in [2.05, 4.69) is 30.6 Å². The quantitative estimate of drug-likeness (QED) is 0.137. The van der Waals surface area contributed by atoms with Crippen LogP contribution in [0.2, 0.25) is 0 Å². The van der Waals surface area contributed by atoms with Crippen LogP contribution in [0.15, 0.2) is 48.1 Å². The summed E-state index contributed by atoms with van der Waals surface area (Å²) in [6, 6.07) is 7.33. The molecule has 7 nitrogen and oxygen atoms in total. The van der Waals surface area contributed by atoms with Crippen molar-refractivity contribution in [2.75, 3.05) is 20.0 Å². The molecule has 0 unspecified atom stereocenters. The van der Waals surface area contributed by atoms with E-state index in [1.54, 1.807) is 27.2 Å². The van der Waals surface area contributed by atoms with Crippen LogP contribution in [0.4, 0.5) is 4.79 Å². The number of benzene rings is 1. The molecule has 0 aromatic heterocycles. The van der Waals surface area contributed by atoms with E-state index in [-0.39, 0.29) is 29.3 Å². The number of hydrogen-bond donors (Lipinski definition) is 0. The molecule has 2 aliphatic rings. The fraction of sp³-hybridized carbons (Fsp3) is 0.543. The van der Waals surface area contributed by atoms with Gasteiger partial charge in [-0.25, -0.2) is 4.79 Å². The first-order valence-electron chi connectivity index (χ1n) is 14.9. The summed E-state index contributed by atoms with van der Waals surface area (Å²) in [5.74, 6) is 11.9. The van der Waals surface area contributed by atoms with Crippen molar-refractivity contribution in [2.45, 2.75) is 96.8 Å². The van der Waals surface area contributed by atoms with Gasteiger partial charge in [-0.3, -0.25) is 4.79 Å². The van der Waals surface area contributed by atoms with E-state index in [1.807, 2.05) is 55.2 Å². The number of carbonyl (C=O) groups is 2. The molecule has 0 radical (unpaired) electrons. The van der Waals surface area contributed by atoms with E-state index in [4.69, 9.17) is 18.9 Å². The van der Waals surface area contributed by atoms with Gasteiger partial charge in [-0.05, 0) is 70.2 Å². The normalized spacial score (nSPS) is 24.6. The lowest BCUT2D eigenvalue weighted by Gasteiger charge is -2.48. The van der Waals surface area contributed by atoms with Gasteiger partial charge in [-0.2, -0.15) is 0 Å². The van der Waals surface area contributed by atoms with Gasteiger partial charge in [0.15, 0.2) is 5.79 Å². The molecular weight excluding hydrogens is 562 g/mol. The summed E-state index contributed by atoms with van der Waals surface area (Å²) in [4.78, 5) is 28.0. The molecule has 5 atom stereocenters. The Morgan fingerprint density at radius 3 is 2.67 bits per heavy atom. The van der Waals surface area contributed by atoms with Gasteiger partial charge in [0.2, 0.25) is 0 Å². The third-order valence-electron chi connectivity index (χ3n) is 7.76. The zero-order valence-electron chi connectivity index (χ0n) is 26.3. The summed E-state index contributed by atoms with van der Waals surface area (Å²) >= 11 is 1.26. The first kappa shape index (κ1) is 34.3. The Morgan fingerprint density at radius 2 is 2.00 bits per heavy atom. The number of nitrogens with zero attached hydrogens (tertiary/aromatic N) is 1. The zero-order valence-corrected chi connectivity index (χ0v) is 27.1. The molecule has 1 aromatic rings. The molecule has 0 saturated carbocycles. The van der Waals surface area contributed by atoms with E-state index in [9.17, 15) is 9.59 Å². The van der Waals surface area contributed by atoms with Crippen molar-refractivity contribution in [3.8, 4) is 29.4 Å². The Kier molecular flexibility index (Phi) is 13.7. The highest BCUT2D eigenvalue weighted by Gasteiger charge is 2.54. The highest BCUT2D eigenvalue weighted by atomic mass is 32.2. The fourth-order valence-corrected chi connectivity index (χ4v) is 6.59. The van der Waals surface area contributed by atoms with Crippen LogP contribution in [0, 0.1) is 29.6 Å². The summed E-state index contributed by atoms with van der Waals surface area (Å²) in [7, 11) is 3.24. The number of esters is 1. The van der Waals surface area contributed by atoms with E-state index in [0.717, 1.165) is 42.6 Å². The molecule has 2 heterocycles. The molecule has 1 aromatic carbocycles. The van der Waals surface area contributed by atoms with Crippen molar-refractivity contribution in [3.63, 3.8) is 0 Å². The van der Waals surface area contributed by atoms with Crippen LogP contribution in [0.3, 0.4) is 0 Å². The van der Waals surface area contributed by atoms with E-state index >= 15 is 0 Å². The summed E-state index contributed by atoms with van der Waals surface area (Å²) in [5.41, 5.74) is 1.92. The summed E-state index contributed by atoms with van der Waals surface area (Å²) in [6.45, 7) is 8.08. The second-order valence-corrected chi connectivity index (χ2v) is 12.0. The number of rotatable bonds is 13. The predicted molar refractivity (Wildman–Crippen MR) is 171 cm³/mol. The second kappa shape index (κ2) is 17.2. The molecule has 232 valence electrons. The van der Waals surface area contributed by atoms with Crippen LogP contribution in [-0.4, -0.2) is 60.1 Å². The predicted octanol–water partition coefficient (Wildman–Crippen LogP) is 6.91. The molecule has 2 fully saturated rings. The lowest BCUT2D eigenvalue weighted by Crippen LogP contribution is -2.60. The lowest BCUT2D eigenvalue weighted by molar-refractivity contribution is -0.305. The van der Waals surface area contributed by atoms with Crippen molar-refractivity contribution in [2.24, 2.45) is 5.92 Å². The molecule has 0 spiro atoms. The Labute approximate surface area is 261 Å². The number of allylic oxidation sites excluding steroid dienone is 3. The third kappa shape index (κ3) is 10.2. The molecule has 0 N–H and O–H groups in total. The minimum absolute atomic E-state index is 0.0270. The molecule has 8 heteroatoms. The Morgan fingerprint density at radius 1 is 1.23 bits per heavy atom. The van der Waals surface area contributed by atoms with E-state index < -0.39 is 11.9 Å². The maximum Gasteiger partial charge on any atom is 0.330 e. The van der Waals surface area contributed by atoms with Gasteiger partial charge in [0, 0.05) is 44.2 Å². The maximum atomic E-state index is 13.1. The van der Waals surface area contributed by atoms with Crippen LogP contribution in [0.25, 0.3) is 0 Å². The maximum absolute atomic E-state index is 13.1. The van der Waals surface area contributed by atoms with E-state index in [1.165, 1.54) is 11.8 Å². The van der Waals surface area contributed by atoms with Crippen molar-refractivity contribution < 1.29 is 28.5 Å². The molecule has 1 amide bonds. The highest BCUT2D eigenvalue weighted by molar-refractivity contribution is 8.13. The fourth-order valence-electron chi connectivity index (χ4n) is 5.50. The summed E-state index contributed by atoms with van der Waals surface area (Å²) in [5, 5.41) is -0.0270. The van der Waals surface area contributed by atoms with Crippen LogP contribution >= 0.6 is 11.8 Å². The van der Waals surface area contributed by atoms with Crippen molar-refractivity contribution in [1.82, 2.24) is 4.90 Å². The summed E-state index contributed by atoms with van der Waals surface area (Å²) in [6.07, 6.45) is 8.77. The lowest BCUT2D eigenvalue weighted by atomic mass is 9.89. The number of amides is 1. The summed E-state index contributed by atoms with van der Waals surface area (Å²) < 4.78 is 24.3. The second-order valence-electron chi connectivity index (χ2n) is 11.0. The van der Waals surface area contributed by atoms with E-state index in [0.29, 0.717) is 25.1 Å². The topological polar surface area (TPSA) is 74.3 Å². The molecule has 3 rings (SSSR count). The van der Waals surface area contributed by atoms with Gasteiger partial charge in [0.05, 0.1) is 19.3 Å². The van der Waals surface area contributed by atoms with Gasteiger partial charge in [-0.1, -0.05) is 48.4 Å². The van der Waals surface area contributed by atoms with Crippen LogP contribution in [0.5, 0.6) is 5.75 Å². The number of methoxy groups -OCH3 is 2. The largest absolute Gasteiger partial charge is 0.497 e. The Balaban J connectivity index is 1.80. The van der Waals surface area contributed by atoms with Crippen LogP contribution in [0.1, 0.15) is 71.8 Å². The average molecular weight is 608 g/mol. The van der Waals surface area contributed by atoms with Gasteiger partial charge in [0.1, 0.15) is 11.9 Å². The van der Waals surface area contributed by atoms with Crippen molar-refractivity contribution >= 4 is 23.0 Å². The third-order valence-corrected chi connectivity index (χ3v) is 8.72. The van der Waals surface area contributed by atoms with Gasteiger partial charge >= 0.3 is 5.97 Å². The first-order chi connectivity index (χ1) is 20.7. The molecular formula is C35H45NO6S. The molecule has 43 heavy (non-hydrogen) atoms. The molecule has 2 saturated heterocycles. The van der Waals surface area contributed by atoms with Crippen molar-refractivity contribution in [3.05, 3.63) is 53.6 Å². The standard InChI is InChI=1S/C35H45NO6S/c1-7-9-10-11-12-14-27(4)21-33(37)41-31-22-30(18-15-26(3)13-8-2)42-35(23-31,40-6)32-25-43-34(38)36(32)24-28-16-19-29(39-5)20-17-28/h10-11,16-17,19-21,26,30-32H,12,14-15,18,22-25H2,1-6H3/b11-10+,27-21-/t26-,30-,31-,32+,35-/m1/s1. The molecule has 2 aliphatic heterocycles. The number of ether oxygens (including phenoxy) is 4. The monoisotopic (exact) mass is 607 g/mol. The number of carbonyl (C=O) groups excluding carboxylic acids is 2. The number of hydrogen-bond acceptors (Lipinski definition) is 7. The highest BCUT2D eigenvalue weighted by Crippen LogP contribution is 2.43. The first-order valence-corrected chi connectivity index (χ1v) is 15.9. The van der Waals surface area contributed by atoms with Gasteiger partial charge in [-0.15, -0.1) is 17.8 Å². The van der Waals surface area contributed by atoms with Gasteiger partial charge < -0.3 is 23.8 Å². The SMILES string of the molecule is CC#C/C=C/CC/C(C)=C\C(=O)O[C@@H]1C[C@@H](CC[C@H](C)C#CC)O[C@@](OC)([C@@H]2CSC(=O)N2Cc2ccc(OC)cc2)C1. The number of thioether (sulfide) groups is 1. The zero-order chi connectivity index (χ0) is 31.2. The Hall–Kier alpha value is -3.17. The van der Waals surface area contributed by atoms with Crippen LogP contribution in [-0.2, 0) is 25.5 Å². The minimum atomic E-state index is -1.12. The van der Waals surface area contributed by atoms with Crippen LogP contribution < -0.4 is 4.74 Å².